The molecule has 0 bridgehead atoms. The van der Waals surface area contributed by atoms with Crippen LogP contribution in [-0.2, 0) is 33.8 Å². The molecule has 0 N–H and O–H groups in total. The molecule has 0 saturated carbocycles. The molecule has 0 unspecified atom stereocenters. The zero-order chi connectivity index (χ0) is 79.2. The lowest BCUT2D eigenvalue weighted by molar-refractivity contribution is 0.0514. The number of amides is 3. The summed E-state index contributed by atoms with van der Waals surface area (Å²) in [6.07, 6.45) is 0.757. The molecule has 12 rings (SSSR count). The Morgan fingerprint density at radius 1 is 0.409 bits per heavy atom. The molecular weight excluding hydrogens is 1510 g/mol. The van der Waals surface area contributed by atoms with Crippen LogP contribution in [0.4, 0.5) is 17.1 Å². The number of hydrogen-bond acceptors (Lipinski definition) is 19. The number of nitrogens with zero attached hydrogens (tertiary/aromatic N) is 12. The first kappa shape index (κ1) is 83.2. The summed E-state index contributed by atoms with van der Waals surface area (Å²) < 4.78 is 21.0. The van der Waals surface area contributed by atoms with Gasteiger partial charge < -0.3 is 72.0 Å². The number of thiophene rings is 1. The Morgan fingerprint density at radius 2 is 0.818 bits per heavy atom. The van der Waals surface area contributed by atoms with Crippen LogP contribution in [0.2, 0.25) is 20.1 Å². The number of benzene rings is 5. The average molecular weight is 1600 g/mol. The molecule has 3 fully saturated rings. The monoisotopic (exact) mass is 1600 g/mol. The number of hydrogen-bond donors (Lipinski definition) is 0. The molecule has 110 heavy (non-hydrogen) atoms. The Kier molecular flexibility index (Phi) is 28.8. The van der Waals surface area contributed by atoms with Crippen molar-refractivity contribution in [2.75, 3.05) is 175 Å². The number of halogens is 4. The Bertz CT molecular complexity index is 5030. The smallest absolute Gasteiger partial charge is 0.345 e. The summed E-state index contributed by atoms with van der Waals surface area (Å²) in [4.78, 5) is 138. The SMILES string of the molecule is CCOC(=O)c1c(N2CCN(C(=O)c3ccc(Cl)c(Cl)c3)CC2)c2cc(C)ccc2n(CCCN(C)C)c1=O.CCOC(=O)c1c(N2CCN(C(=O)c3ccc(Cl)cc3)CC2)c2ccccc2n(CCN(C)C)c1=O.CCOC(=O)c1c(N2CCN(C(=O)c3cccs3)CC2)c2cc(Cl)ccc2n(CCN(C)C)c1=O. The third-order valence-electron chi connectivity index (χ3n) is 19.3. The highest BCUT2D eigenvalue weighted by atomic mass is 35.5. The van der Waals surface area contributed by atoms with Gasteiger partial charge in [0.15, 0.2) is 0 Å². The van der Waals surface area contributed by atoms with Gasteiger partial charge in [0.05, 0.1) is 68.4 Å². The van der Waals surface area contributed by atoms with Crippen molar-refractivity contribution in [3.05, 3.63) is 210 Å². The van der Waals surface area contributed by atoms with Gasteiger partial charge in [-0.3, -0.25) is 28.8 Å². The number of carbonyl (C=O) groups excluding carboxylic acids is 6. The van der Waals surface area contributed by atoms with Gasteiger partial charge in [0.25, 0.3) is 34.4 Å². The van der Waals surface area contributed by atoms with Gasteiger partial charge in [0.1, 0.15) is 16.7 Å². The first-order valence-electron chi connectivity index (χ1n) is 36.8. The summed E-state index contributed by atoms with van der Waals surface area (Å²) in [7, 11) is 11.7. The molecule has 0 aliphatic carbocycles. The Balaban J connectivity index is 0.000000176. The molecule has 584 valence electrons. The highest BCUT2D eigenvalue weighted by molar-refractivity contribution is 7.12. The van der Waals surface area contributed by atoms with E-state index in [9.17, 15) is 43.2 Å². The molecule has 3 aliphatic rings. The van der Waals surface area contributed by atoms with Gasteiger partial charge >= 0.3 is 17.9 Å². The zero-order valence-electron chi connectivity index (χ0n) is 63.8. The molecule has 29 heteroatoms. The van der Waals surface area contributed by atoms with Gasteiger partial charge in [-0.15, -0.1) is 11.3 Å². The van der Waals surface area contributed by atoms with Crippen molar-refractivity contribution in [3.8, 4) is 0 Å². The molecule has 5 aromatic carbocycles. The lowest BCUT2D eigenvalue weighted by atomic mass is 10.0. The van der Waals surface area contributed by atoms with Crippen molar-refractivity contribution in [2.45, 2.75) is 53.8 Å². The van der Waals surface area contributed by atoms with Gasteiger partial charge in [0, 0.05) is 149 Å². The number of piperazine rings is 3. The molecule has 0 spiro atoms. The maximum absolute atomic E-state index is 13.9. The quantitative estimate of drug-likeness (QED) is 0.0454. The van der Waals surface area contributed by atoms with Gasteiger partial charge in [-0.05, 0) is 173 Å². The Morgan fingerprint density at radius 3 is 1.27 bits per heavy atom. The fourth-order valence-electron chi connectivity index (χ4n) is 13.9. The molecule has 9 aromatic rings. The summed E-state index contributed by atoms with van der Waals surface area (Å²) in [6, 6.07) is 34.3. The van der Waals surface area contributed by atoms with Crippen molar-refractivity contribution >= 4 is 143 Å². The Labute approximate surface area is 663 Å². The van der Waals surface area contributed by atoms with Crippen molar-refractivity contribution in [1.82, 2.24) is 43.1 Å². The largest absolute Gasteiger partial charge is 0.462 e. The van der Waals surface area contributed by atoms with E-state index < -0.39 is 17.9 Å². The van der Waals surface area contributed by atoms with E-state index in [4.69, 9.17) is 60.6 Å². The summed E-state index contributed by atoms with van der Waals surface area (Å²) >= 11 is 25.9. The minimum Gasteiger partial charge on any atom is -0.462 e. The molecule has 7 heterocycles. The van der Waals surface area contributed by atoms with Gasteiger partial charge in [-0.25, -0.2) is 14.4 Å². The highest BCUT2D eigenvalue weighted by Crippen LogP contribution is 2.36. The van der Waals surface area contributed by atoms with E-state index in [1.165, 1.54) is 11.3 Å². The van der Waals surface area contributed by atoms with E-state index in [2.05, 4.69) is 4.90 Å². The fraction of sp³-hybridized carbons (Fsp3) is 0.395. The second kappa shape index (κ2) is 38.1. The van der Waals surface area contributed by atoms with Crippen molar-refractivity contribution < 1.29 is 43.0 Å². The third kappa shape index (κ3) is 19.3. The number of ether oxygens (including phenoxy) is 3. The number of para-hydroxylation sites is 1. The molecule has 3 amide bonds. The first-order valence-corrected chi connectivity index (χ1v) is 39.2. The number of rotatable bonds is 22. The number of fused-ring (bicyclic) bond motifs is 3. The standard InChI is InChI=1S/C29H34Cl2N4O4.C27H31ClN4O4.C25H29ClN4O4S/c1-5-39-29(38)25-26(21-17-19(2)7-10-24(21)35(28(25)37)12-6-11-32(3)4)33-13-15-34(16-14-33)27(36)20-8-9-22(30)23(31)18-20;1-4-36-27(35)23-24(21-7-5-6-8-22(21)32(26(23)34)18-13-29(2)3)30-14-16-31(17-15-30)25(33)19-9-11-20(28)12-10-19;1-4-34-25(33)21-22(28-10-12-29(13-11-28)23(31)20-6-5-15-35-20)18-16-17(26)7-8-19(18)30(24(21)32)14-9-27(2)3/h7-10,17-18H,5-6,11-16H2,1-4H3;5-12H,4,13-18H2,1-3H3;5-8,15-16H,4,9-14H2,1-3H3. The number of aryl methyl sites for hydroxylation is 2. The molecule has 3 aliphatic heterocycles. The lowest BCUT2D eigenvalue weighted by Gasteiger charge is -2.37. The third-order valence-corrected chi connectivity index (χ3v) is 21.4. The number of pyridine rings is 3. The predicted octanol–water partition coefficient (Wildman–Crippen LogP) is 11.5. The zero-order valence-corrected chi connectivity index (χ0v) is 67.6. The van der Waals surface area contributed by atoms with E-state index in [0.29, 0.717) is 170 Å². The molecule has 0 radical (unpaired) electrons. The molecule has 4 aromatic heterocycles. The van der Waals surface area contributed by atoms with Crippen LogP contribution in [0.3, 0.4) is 0 Å². The summed E-state index contributed by atoms with van der Waals surface area (Å²) in [5.74, 6) is -2.11. The molecule has 24 nitrogen and oxygen atoms in total. The maximum atomic E-state index is 13.9. The predicted molar refractivity (Wildman–Crippen MR) is 439 cm³/mol. The van der Waals surface area contributed by atoms with Crippen LogP contribution in [0.5, 0.6) is 0 Å². The molecule has 0 atom stereocenters. The number of likely N-dealkylation sites (N-methyl/N-ethyl adjacent to an activating group) is 2. The van der Waals surface area contributed by atoms with E-state index >= 15 is 0 Å². The fourth-order valence-corrected chi connectivity index (χ4v) is 15.1. The van der Waals surface area contributed by atoms with Crippen molar-refractivity contribution in [3.63, 3.8) is 0 Å². The number of anilines is 3. The maximum Gasteiger partial charge on any atom is 0.345 e. The van der Waals surface area contributed by atoms with Gasteiger partial charge in [0.2, 0.25) is 0 Å². The topological polar surface area (TPSA) is 225 Å². The van der Waals surface area contributed by atoms with Crippen LogP contribution >= 0.6 is 57.7 Å². The number of esters is 3. The normalized spacial score (nSPS) is 13.9. The van der Waals surface area contributed by atoms with Gasteiger partial charge in [-0.2, -0.15) is 0 Å². The Hall–Kier alpha value is -9.31. The second-order valence-corrected chi connectivity index (χ2v) is 30.3. The van der Waals surface area contributed by atoms with Gasteiger partial charge in [-0.1, -0.05) is 82.3 Å². The van der Waals surface area contributed by atoms with E-state index in [-0.39, 0.29) is 70.9 Å². The van der Waals surface area contributed by atoms with E-state index in [1.54, 1.807) is 104 Å². The minimum absolute atomic E-state index is 0.00253. The minimum atomic E-state index is -0.648. The highest BCUT2D eigenvalue weighted by Gasteiger charge is 2.35. The summed E-state index contributed by atoms with van der Waals surface area (Å²) in [5, 5.41) is 6.06. The molecule has 3 saturated heterocycles. The van der Waals surface area contributed by atoms with Crippen molar-refractivity contribution in [1.29, 1.82) is 0 Å². The van der Waals surface area contributed by atoms with E-state index in [0.717, 1.165) is 45.7 Å². The van der Waals surface area contributed by atoms with E-state index in [1.807, 2.05) is 140 Å². The van der Waals surface area contributed by atoms with Crippen LogP contribution in [0.1, 0.15) is 94.2 Å². The summed E-state index contributed by atoms with van der Waals surface area (Å²) in [6.45, 7) is 16.6. The van der Waals surface area contributed by atoms with Crippen molar-refractivity contribution in [2.24, 2.45) is 0 Å². The van der Waals surface area contributed by atoms with Crippen LogP contribution in [0, 0.1) is 6.92 Å². The van der Waals surface area contributed by atoms with Crippen LogP contribution in [0.15, 0.2) is 135 Å². The molecular formula is C81H94Cl4N12O12S. The first-order chi connectivity index (χ1) is 52.7. The summed E-state index contributed by atoms with van der Waals surface area (Å²) in [5.41, 5.74) is 5.01. The van der Waals surface area contributed by atoms with Crippen LogP contribution in [0.25, 0.3) is 32.7 Å². The number of carbonyl (C=O) groups is 6. The number of aromatic nitrogens is 3. The van der Waals surface area contributed by atoms with Crippen LogP contribution < -0.4 is 31.4 Å². The van der Waals surface area contributed by atoms with Crippen LogP contribution in [-0.4, -0.2) is 239 Å². The lowest BCUT2D eigenvalue weighted by Crippen LogP contribution is -2.49. The average Bonchev–Trinajstić information content (AvgIpc) is 0.757. The second-order valence-electron chi connectivity index (χ2n) is 27.6.